The summed E-state index contributed by atoms with van der Waals surface area (Å²) in [5, 5.41) is 10.5. The predicted molar refractivity (Wildman–Crippen MR) is 53.3 cm³/mol. The normalized spacial score (nSPS) is 9.47. The number of unbranched alkanes of at least 4 members (excludes halogenated alkanes) is 1. The quantitative estimate of drug-likeness (QED) is 0.652. The van der Waals surface area contributed by atoms with Gasteiger partial charge in [-0.15, -0.1) is 0 Å². The van der Waals surface area contributed by atoms with Crippen molar-refractivity contribution in [3.05, 3.63) is 0 Å². The summed E-state index contributed by atoms with van der Waals surface area (Å²) in [6.45, 7) is 0. The number of carboxylic acid groups (broad SMARTS) is 1. The lowest BCUT2D eigenvalue weighted by Crippen LogP contribution is -2.38. The van der Waals surface area contributed by atoms with Gasteiger partial charge in [-0.2, -0.15) is 0 Å². The molecule has 0 radical (unpaired) electrons. The highest BCUT2D eigenvalue weighted by atomic mass is 16.4. The number of hydrogen-bond acceptors (Lipinski definition) is 3. The van der Waals surface area contributed by atoms with Crippen LogP contribution in [-0.4, -0.2) is 42.0 Å². The lowest BCUT2D eigenvalue weighted by Gasteiger charge is -2.10. The first-order valence-electron chi connectivity index (χ1n) is 4.66. The molecule has 0 aliphatic carbocycles. The maximum absolute atomic E-state index is 11.1. The van der Waals surface area contributed by atoms with Crippen LogP contribution in [-0.2, 0) is 9.59 Å². The van der Waals surface area contributed by atoms with Crippen molar-refractivity contribution in [3.63, 3.8) is 0 Å². The molecule has 0 heterocycles. The largest absolute Gasteiger partial charge is 0.481 e. The van der Waals surface area contributed by atoms with Crippen molar-refractivity contribution in [3.8, 4) is 0 Å². The van der Waals surface area contributed by atoms with Crippen LogP contribution in [0.4, 0.5) is 4.79 Å². The molecule has 0 aromatic rings. The van der Waals surface area contributed by atoms with Gasteiger partial charge in [0.15, 0.2) is 0 Å². The van der Waals surface area contributed by atoms with Gasteiger partial charge in [0, 0.05) is 26.9 Å². The van der Waals surface area contributed by atoms with Gasteiger partial charge in [-0.1, -0.05) is 0 Å². The summed E-state index contributed by atoms with van der Waals surface area (Å²) in [6, 6.07) is -0.460. The number of amides is 3. The number of hydrogen-bond donors (Lipinski definition) is 2. The maximum atomic E-state index is 11.1. The fraction of sp³-hybridized carbons (Fsp3) is 0.667. The zero-order valence-corrected chi connectivity index (χ0v) is 8.95. The Kier molecular flexibility index (Phi) is 6.08. The molecule has 86 valence electrons. The van der Waals surface area contributed by atoms with E-state index in [0.29, 0.717) is 12.8 Å². The average molecular weight is 216 g/mol. The topological polar surface area (TPSA) is 86.7 Å². The summed E-state index contributed by atoms with van der Waals surface area (Å²) >= 11 is 0. The Hall–Kier alpha value is -1.59. The molecule has 0 bridgehead atoms. The van der Waals surface area contributed by atoms with Crippen molar-refractivity contribution in [2.45, 2.75) is 25.7 Å². The Bertz CT molecular complexity index is 250. The van der Waals surface area contributed by atoms with Gasteiger partial charge in [-0.25, -0.2) is 4.79 Å². The van der Waals surface area contributed by atoms with Gasteiger partial charge in [-0.05, 0) is 12.8 Å². The third kappa shape index (κ3) is 7.48. The fourth-order valence-electron chi connectivity index (χ4n) is 0.855. The lowest BCUT2D eigenvalue weighted by atomic mass is 10.2. The van der Waals surface area contributed by atoms with Crippen LogP contribution in [0.1, 0.15) is 25.7 Å². The highest BCUT2D eigenvalue weighted by Crippen LogP contribution is 1.99. The number of aliphatic carboxylic acids is 1. The average Bonchev–Trinajstić information content (AvgIpc) is 2.12. The number of urea groups is 1. The highest BCUT2D eigenvalue weighted by Gasteiger charge is 2.08. The summed E-state index contributed by atoms with van der Waals surface area (Å²) in [5.74, 6) is -1.25. The summed E-state index contributed by atoms with van der Waals surface area (Å²) in [7, 11) is 3.07. The number of carboxylic acids is 1. The van der Waals surface area contributed by atoms with Gasteiger partial charge < -0.3 is 10.0 Å². The van der Waals surface area contributed by atoms with Crippen molar-refractivity contribution in [2.24, 2.45) is 0 Å². The summed E-state index contributed by atoms with van der Waals surface area (Å²) < 4.78 is 0. The number of nitrogens with zero attached hydrogens (tertiary/aromatic N) is 1. The van der Waals surface area contributed by atoms with E-state index in [4.69, 9.17) is 5.11 Å². The molecular weight excluding hydrogens is 200 g/mol. The third-order valence-electron chi connectivity index (χ3n) is 1.70. The maximum Gasteiger partial charge on any atom is 0.323 e. The Balaban J connectivity index is 3.58. The van der Waals surface area contributed by atoms with Gasteiger partial charge in [0.1, 0.15) is 0 Å². The predicted octanol–water partition coefficient (Wildman–Crippen LogP) is 0.429. The molecule has 0 aliphatic heterocycles. The SMILES string of the molecule is CN(C)C(=O)NC(=O)CCCCC(=O)O. The van der Waals surface area contributed by atoms with Crippen LogP contribution >= 0.6 is 0 Å². The van der Waals surface area contributed by atoms with Gasteiger partial charge in [0.25, 0.3) is 0 Å². The molecule has 0 fully saturated rings. The minimum absolute atomic E-state index is 0.0505. The van der Waals surface area contributed by atoms with Crippen molar-refractivity contribution < 1.29 is 19.5 Å². The zero-order chi connectivity index (χ0) is 11.8. The lowest BCUT2D eigenvalue weighted by molar-refractivity contribution is -0.137. The second-order valence-electron chi connectivity index (χ2n) is 3.35. The van der Waals surface area contributed by atoms with Crippen LogP contribution in [0.3, 0.4) is 0 Å². The van der Waals surface area contributed by atoms with Crippen LogP contribution in [0, 0.1) is 0 Å². The van der Waals surface area contributed by atoms with E-state index in [1.165, 1.54) is 19.0 Å². The minimum atomic E-state index is -0.875. The summed E-state index contributed by atoms with van der Waals surface area (Å²) in [6.07, 6.45) is 1.14. The highest BCUT2D eigenvalue weighted by molar-refractivity contribution is 5.94. The molecule has 0 saturated carbocycles. The Morgan fingerprint density at radius 1 is 1.13 bits per heavy atom. The van der Waals surface area contributed by atoms with E-state index < -0.39 is 12.0 Å². The van der Waals surface area contributed by atoms with E-state index in [-0.39, 0.29) is 18.7 Å². The van der Waals surface area contributed by atoms with E-state index in [0.717, 1.165) is 0 Å². The molecule has 3 amide bonds. The smallest absolute Gasteiger partial charge is 0.323 e. The minimum Gasteiger partial charge on any atom is -0.481 e. The molecule has 0 aromatic carbocycles. The standard InChI is InChI=1S/C9H16N2O4/c1-11(2)9(15)10-7(12)5-3-4-6-8(13)14/h3-6H2,1-2H3,(H,13,14)(H,10,12,15). The molecule has 15 heavy (non-hydrogen) atoms. The molecule has 6 heteroatoms. The van der Waals surface area contributed by atoms with Gasteiger partial charge in [0.05, 0.1) is 0 Å². The second-order valence-corrected chi connectivity index (χ2v) is 3.35. The first kappa shape index (κ1) is 13.4. The molecule has 0 saturated heterocycles. The van der Waals surface area contributed by atoms with Crippen LogP contribution in [0.2, 0.25) is 0 Å². The van der Waals surface area contributed by atoms with Crippen LogP contribution in [0.25, 0.3) is 0 Å². The first-order chi connectivity index (χ1) is 6.93. The molecular formula is C9H16N2O4. The van der Waals surface area contributed by atoms with E-state index >= 15 is 0 Å². The van der Waals surface area contributed by atoms with Crippen molar-refractivity contribution in [1.82, 2.24) is 10.2 Å². The van der Waals surface area contributed by atoms with E-state index in [1.807, 2.05) is 0 Å². The number of carbonyl (C=O) groups excluding carboxylic acids is 2. The van der Waals surface area contributed by atoms with Crippen molar-refractivity contribution in [1.29, 1.82) is 0 Å². The number of rotatable bonds is 5. The zero-order valence-electron chi connectivity index (χ0n) is 8.95. The van der Waals surface area contributed by atoms with Crippen LogP contribution < -0.4 is 5.32 Å². The summed E-state index contributed by atoms with van der Waals surface area (Å²) in [5.41, 5.74) is 0. The van der Waals surface area contributed by atoms with Crippen LogP contribution in [0.5, 0.6) is 0 Å². The number of imide groups is 1. The Morgan fingerprint density at radius 2 is 1.67 bits per heavy atom. The van der Waals surface area contributed by atoms with Crippen LogP contribution in [0.15, 0.2) is 0 Å². The molecule has 0 atom stereocenters. The summed E-state index contributed by atoms with van der Waals surface area (Å²) in [4.78, 5) is 33.5. The van der Waals surface area contributed by atoms with Gasteiger partial charge >= 0.3 is 12.0 Å². The molecule has 0 spiro atoms. The second kappa shape index (κ2) is 6.80. The van der Waals surface area contributed by atoms with E-state index in [2.05, 4.69) is 5.32 Å². The Morgan fingerprint density at radius 3 is 2.13 bits per heavy atom. The third-order valence-corrected chi connectivity index (χ3v) is 1.70. The molecule has 0 aliphatic rings. The monoisotopic (exact) mass is 216 g/mol. The number of carbonyl (C=O) groups is 3. The molecule has 0 unspecified atom stereocenters. The molecule has 6 nitrogen and oxygen atoms in total. The molecule has 2 N–H and O–H groups in total. The molecule has 0 aromatic heterocycles. The van der Waals surface area contributed by atoms with Gasteiger partial charge in [0.2, 0.25) is 5.91 Å². The molecule has 0 rings (SSSR count). The number of nitrogens with one attached hydrogen (secondary N) is 1. The fourth-order valence-corrected chi connectivity index (χ4v) is 0.855. The van der Waals surface area contributed by atoms with E-state index in [9.17, 15) is 14.4 Å². The van der Waals surface area contributed by atoms with Crippen molar-refractivity contribution >= 4 is 17.9 Å². The van der Waals surface area contributed by atoms with Gasteiger partial charge in [-0.3, -0.25) is 14.9 Å². The van der Waals surface area contributed by atoms with Crippen molar-refractivity contribution in [2.75, 3.05) is 14.1 Å². The first-order valence-corrected chi connectivity index (χ1v) is 4.66. The van der Waals surface area contributed by atoms with E-state index in [1.54, 1.807) is 0 Å². The Labute approximate surface area is 88.2 Å².